The molecule has 1 fully saturated rings. The highest BCUT2D eigenvalue weighted by Gasteiger charge is 2.41. The van der Waals surface area contributed by atoms with Gasteiger partial charge in [-0.15, -0.1) is 0 Å². The summed E-state index contributed by atoms with van der Waals surface area (Å²) >= 11 is 0. The number of phenolic OH excluding ortho intramolecular Hbond substituents is 1. The zero-order valence-electron chi connectivity index (χ0n) is 16.3. The van der Waals surface area contributed by atoms with E-state index >= 15 is 0 Å². The van der Waals surface area contributed by atoms with Crippen molar-refractivity contribution < 1.29 is 34.6 Å². The third kappa shape index (κ3) is 12.9. The monoisotopic (exact) mass is 377 g/mol. The molecule has 1 heterocycles. The molecular weight excluding hydrogens is 342 g/mol. The smallest absolute Gasteiger partial charge is 0.212 e. The minimum Gasteiger partial charge on any atom is -0.508 e. The Kier molecular flexibility index (Phi) is 17.5. The highest BCUT2D eigenvalue weighted by atomic mass is 16.8. The van der Waals surface area contributed by atoms with E-state index in [1.165, 1.54) is 12.1 Å². The van der Waals surface area contributed by atoms with Gasteiger partial charge in [0.25, 0.3) is 0 Å². The van der Waals surface area contributed by atoms with Crippen LogP contribution < -0.4 is 10.5 Å². The predicted octanol–water partition coefficient (Wildman–Crippen LogP) is 1.20. The van der Waals surface area contributed by atoms with Crippen molar-refractivity contribution in [2.75, 3.05) is 19.8 Å². The number of epoxide rings is 1. The van der Waals surface area contributed by atoms with Crippen molar-refractivity contribution in [3.63, 3.8) is 0 Å². The van der Waals surface area contributed by atoms with Crippen molar-refractivity contribution in [2.24, 2.45) is 5.73 Å². The van der Waals surface area contributed by atoms with Crippen molar-refractivity contribution in [2.45, 2.75) is 59.4 Å². The number of rotatable bonds is 7. The zero-order chi connectivity index (χ0) is 20.5. The molecule has 1 aliphatic rings. The molecule has 0 aliphatic carbocycles. The van der Waals surface area contributed by atoms with Gasteiger partial charge in [-0.05, 0) is 31.2 Å². The van der Waals surface area contributed by atoms with Crippen LogP contribution in [0.2, 0.25) is 0 Å². The standard InChI is InChI=1S/C12H16O6.C2H7NO.2C2H6/c1-7(13)10(17-12-11(15)18-12)6-16-9-4-2-8(14)3-5-9;3-1-2-4;2*1-2/h2-5,7,10-15H,6H2,1H3;4H,1-3H2;2*1-2H3/t7?,10?,11-,12?;;;/m1.../s1. The van der Waals surface area contributed by atoms with E-state index < -0.39 is 24.8 Å². The van der Waals surface area contributed by atoms with Gasteiger partial charge in [0.05, 0.1) is 12.7 Å². The molecule has 0 radical (unpaired) electrons. The van der Waals surface area contributed by atoms with Crippen LogP contribution >= 0.6 is 0 Å². The average Bonchev–Trinajstić information content (AvgIpc) is 3.38. The summed E-state index contributed by atoms with van der Waals surface area (Å²) in [5, 5.41) is 35.4. The van der Waals surface area contributed by atoms with Gasteiger partial charge in [0, 0.05) is 6.54 Å². The molecule has 1 aliphatic heterocycles. The summed E-state index contributed by atoms with van der Waals surface area (Å²) < 4.78 is 15.4. The molecule has 6 N–H and O–H groups in total. The van der Waals surface area contributed by atoms with E-state index in [1.807, 2.05) is 27.7 Å². The van der Waals surface area contributed by atoms with Gasteiger partial charge >= 0.3 is 0 Å². The van der Waals surface area contributed by atoms with E-state index in [4.69, 9.17) is 35.3 Å². The van der Waals surface area contributed by atoms with Crippen molar-refractivity contribution in [3.05, 3.63) is 24.3 Å². The number of nitrogens with two attached hydrogens (primary N) is 1. The molecular formula is C18H35NO7. The Balaban J connectivity index is 0. The van der Waals surface area contributed by atoms with Gasteiger partial charge in [0.1, 0.15) is 24.2 Å². The van der Waals surface area contributed by atoms with Crippen LogP contribution in [0.15, 0.2) is 24.3 Å². The van der Waals surface area contributed by atoms with Gasteiger partial charge in [0.2, 0.25) is 12.6 Å². The lowest BCUT2D eigenvalue weighted by Gasteiger charge is -2.19. The number of hydrogen-bond donors (Lipinski definition) is 5. The van der Waals surface area contributed by atoms with E-state index in [-0.39, 0.29) is 19.0 Å². The molecule has 1 saturated heterocycles. The lowest BCUT2D eigenvalue weighted by Crippen LogP contribution is -2.34. The fourth-order valence-electron chi connectivity index (χ4n) is 1.38. The fourth-order valence-corrected chi connectivity index (χ4v) is 1.38. The Hall–Kier alpha value is -1.42. The highest BCUT2D eigenvalue weighted by Crippen LogP contribution is 2.23. The second-order valence-corrected chi connectivity index (χ2v) is 4.63. The first kappa shape index (κ1) is 26.8. The number of aliphatic hydroxyl groups excluding tert-OH is 3. The minimum atomic E-state index is -0.917. The Morgan fingerprint density at radius 3 is 1.96 bits per heavy atom. The molecule has 4 atom stereocenters. The SMILES string of the molecule is CC.CC.CC(O)C(COc1ccc(O)cc1)OC1O[C@H]1O.NCCO. The summed E-state index contributed by atoms with van der Waals surface area (Å²) in [5.41, 5.74) is 4.78. The van der Waals surface area contributed by atoms with E-state index in [2.05, 4.69) is 0 Å². The van der Waals surface area contributed by atoms with Crippen LogP contribution in [0, 0.1) is 0 Å². The number of hydrogen-bond acceptors (Lipinski definition) is 8. The van der Waals surface area contributed by atoms with Gasteiger partial charge < -0.3 is 40.4 Å². The first-order valence-corrected chi connectivity index (χ1v) is 8.87. The normalized spacial score (nSPS) is 19.3. The zero-order valence-corrected chi connectivity index (χ0v) is 16.3. The quantitative estimate of drug-likeness (QED) is 0.447. The first-order valence-electron chi connectivity index (χ1n) is 8.87. The number of aliphatic hydroxyl groups is 3. The van der Waals surface area contributed by atoms with E-state index in [9.17, 15) is 5.11 Å². The van der Waals surface area contributed by atoms with Crippen LogP contribution in [-0.4, -0.2) is 65.0 Å². The summed E-state index contributed by atoms with van der Waals surface area (Å²) in [5.74, 6) is 0.708. The van der Waals surface area contributed by atoms with E-state index in [0.717, 1.165) is 0 Å². The molecule has 0 spiro atoms. The third-order valence-electron chi connectivity index (χ3n) is 2.66. The van der Waals surface area contributed by atoms with Crippen molar-refractivity contribution in [3.8, 4) is 11.5 Å². The summed E-state index contributed by atoms with van der Waals surface area (Å²) in [6.07, 6.45) is -2.95. The molecule has 2 rings (SSSR count). The van der Waals surface area contributed by atoms with Gasteiger partial charge in [-0.25, -0.2) is 0 Å². The van der Waals surface area contributed by atoms with Crippen molar-refractivity contribution >= 4 is 0 Å². The maximum atomic E-state index is 9.52. The Labute approximate surface area is 156 Å². The molecule has 0 amide bonds. The van der Waals surface area contributed by atoms with Crippen molar-refractivity contribution in [1.29, 1.82) is 0 Å². The van der Waals surface area contributed by atoms with Crippen LogP contribution in [0.3, 0.4) is 0 Å². The summed E-state index contributed by atoms with van der Waals surface area (Å²) in [7, 11) is 0. The van der Waals surface area contributed by atoms with Gasteiger partial charge in [0.15, 0.2) is 0 Å². The minimum absolute atomic E-state index is 0.0972. The molecule has 0 saturated carbocycles. The third-order valence-corrected chi connectivity index (χ3v) is 2.66. The molecule has 1 aromatic carbocycles. The molecule has 0 aromatic heterocycles. The van der Waals surface area contributed by atoms with Gasteiger partial charge in [-0.1, -0.05) is 27.7 Å². The van der Waals surface area contributed by atoms with Crippen LogP contribution in [0.4, 0.5) is 0 Å². The van der Waals surface area contributed by atoms with Crippen LogP contribution in [-0.2, 0) is 9.47 Å². The summed E-state index contributed by atoms with van der Waals surface area (Å²) in [4.78, 5) is 0. The van der Waals surface area contributed by atoms with Gasteiger partial charge in [-0.3, -0.25) is 0 Å². The number of phenols is 1. The molecule has 3 unspecified atom stereocenters. The van der Waals surface area contributed by atoms with E-state index in [0.29, 0.717) is 12.3 Å². The molecule has 8 heteroatoms. The Morgan fingerprint density at radius 1 is 1.15 bits per heavy atom. The van der Waals surface area contributed by atoms with E-state index in [1.54, 1.807) is 19.1 Å². The van der Waals surface area contributed by atoms with Crippen LogP contribution in [0.1, 0.15) is 34.6 Å². The maximum Gasteiger partial charge on any atom is 0.212 e. The number of benzene rings is 1. The first-order chi connectivity index (χ1) is 12.5. The summed E-state index contributed by atoms with van der Waals surface area (Å²) in [6, 6.07) is 6.22. The summed E-state index contributed by atoms with van der Waals surface area (Å²) in [6.45, 7) is 10.2. The van der Waals surface area contributed by atoms with Crippen LogP contribution in [0.5, 0.6) is 11.5 Å². The van der Waals surface area contributed by atoms with Gasteiger partial charge in [-0.2, -0.15) is 0 Å². The maximum absolute atomic E-state index is 9.52. The molecule has 8 nitrogen and oxygen atoms in total. The lowest BCUT2D eigenvalue weighted by atomic mass is 10.2. The highest BCUT2D eigenvalue weighted by molar-refractivity contribution is 5.30. The number of ether oxygens (including phenoxy) is 3. The Morgan fingerprint density at radius 2 is 1.62 bits per heavy atom. The van der Waals surface area contributed by atoms with Crippen molar-refractivity contribution in [1.82, 2.24) is 0 Å². The Bertz CT molecular complexity index is 413. The molecule has 0 bridgehead atoms. The molecule has 26 heavy (non-hydrogen) atoms. The predicted molar refractivity (Wildman–Crippen MR) is 99.9 cm³/mol. The number of aromatic hydroxyl groups is 1. The second-order valence-electron chi connectivity index (χ2n) is 4.63. The topological polar surface area (TPSA) is 138 Å². The second kappa shape index (κ2) is 17.0. The molecule has 154 valence electrons. The molecule has 1 aromatic rings. The van der Waals surface area contributed by atoms with Crippen LogP contribution in [0.25, 0.3) is 0 Å². The lowest BCUT2D eigenvalue weighted by molar-refractivity contribution is -0.0866. The average molecular weight is 377 g/mol. The largest absolute Gasteiger partial charge is 0.508 e. The fraction of sp³-hybridized carbons (Fsp3) is 0.667.